The maximum Gasteiger partial charge on any atom is 0.373 e. The van der Waals surface area contributed by atoms with E-state index in [1.54, 1.807) is 7.11 Å². The van der Waals surface area contributed by atoms with E-state index in [2.05, 4.69) is 95.5 Å². The molecule has 4 rings (SSSR count). The Morgan fingerprint density at radius 3 is 2.43 bits per heavy atom. The van der Waals surface area contributed by atoms with Crippen LogP contribution in [0.5, 0.6) is 11.5 Å². The molecule has 1 aromatic carbocycles. The minimum atomic E-state index is -1.08. The zero-order valence-corrected chi connectivity index (χ0v) is 25.8. The van der Waals surface area contributed by atoms with Crippen molar-refractivity contribution in [1.29, 1.82) is 0 Å². The van der Waals surface area contributed by atoms with E-state index in [9.17, 15) is 4.79 Å². The molecule has 0 saturated heterocycles. The molecule has 0 amide bonds. The van der Waals surface area contributed by atoms with Crippen molar-refractivity contribution in [3.63, 3.8) is 0 Å². The van der Waals surface area contributed by atoms with Crippen molar-refractivity contribution in [2.24, 2.45) is 0 Å². The van der Waals surface area contributed by atoms with E-state index in [4.69, 9.17) is 14.2 Å². The van der Waals surface area contributed by atoms with Gasteiger partial charge in [0.05, 0.1) is 16.3 Å². The Morgan fingerprint density at radius 2 is 1.80 bits per heavy atom. The SMILES string of the molecule is COc1cccc(COC(C)=O)c1OCC1=C2C(C)=C(I)C(C)=[N+]2[B-](C)(C)n2c(C)c(I)c(C)c21. The molecule has 0 N–H and O–H groups in total. The van der Waals surface area contributed by atoms with E-state index < -0.39 is 6.42 Å². The summed E-state index contributed by atoms with van der Waals surface area (Å²) in [4.78, 5) is 11.5. The molecule has 35 heavy (non-hydrogen) atoms. The molecule has 186 valence electrons. The van der Waals surface area contributed by atoms with E-state index in [1.165, 1.54) is 48.0 Å². The summed E-state index contributed by atoms with van der Waals surface area (Å²) in [6.45, 7) is 15.4. The molecule has 0 spiro atoms. The summed E-state index contributed by atoms with van der Waals surface area (Å²) in [5.41, 5.74) is 9.50. The first-order chi connectivity index (χ1) is 16.4. The van der Waals surface area contributed by atoms with Crippen molar-refractivity contribution in [1.82, 2.24) is 4.48 Å². The Labute approximate surface area is 234 Å². The molecular formula is C26H31BI2N2O4. The standard InChI is InChI=1S/C26H31BI2N2O4/c1-14-22(28)16(3)30-24(14)20(25-15(2)23(29)17(4)31(25)27(30,6)7)13-35-26-19(12-34-18(5)32)10-9-11-21(26)33-8/h9-11H,12-13H2,1-8H3. The maximum atomic E-state index is 11.5. The number of esters is 1. The van der Waals surface area contributed by atoms with Gasteiger partial charge in [-0.3, -0.25) is 4.79 Å². The van der Waals surface area contributed by atoms with Crippen LogP contribution in [-0.2, 0) is 16.1 Å². The molecule has 2 aliphatic heterocycles. The number of allylic oxidation sites excluding steroid dienone is 2. The molecule has 3 heterocycles. The van der Waals surface area contributed by atoms with Crippen LogP contribution in [0, 0.1) is 17.4 Å². The number of ether oxygens (including phenoxy) is 3. The minimum Gasteiger partial charge on any atom is -0.493 e. The Balaban J connectivity index is 1.89. The number of nitrogens with zero attached hydrogens (tertiary/aromatic N) is 2. The highest BCUT2D eigenvalue weighted by molar-refractivity contribution is 14.1. The summed E-state index contributed by atoms with van der Waals surface area (Å²) in [7, 11) is 1.62. The van der Waals surface area contributed by atoms with Gasteiger partial charge in [0.2, 0.25) is 0 Å². The minimum absolute atomic E-state index is 0.131. The van der Waals surface area contributed by atoms with E-state index >= 15 is 0 Å². The maximum absolute atomic E-state index is 11.5. The van der Waals surface area contributed by atoms with E-state index in [0.29, 0.717) is 18.1 Å². The lowest BCUT2D eigenvalue weighted by molar-refractivity contribution is -0.336. The number of methoxy groups -OCH3 is 1. The molecule has 9 heteroatoms. The Bertz CT molecular complexity index is 1350. The van der Waals surface area contributed by atoms with Gasteiger partial charge in [0.1, 0.15) is 18.9 Å². The van der Waals surface area contributed by atoms with Crippen LogP contribution >= 0.6 is 45.2 Å². The second-order valence-corrected chi connectivity index (χ2v) is 11.9. The van der Waals surface area contributed by atoms with Crippen LogP contribution in [0.4, 0.5) is 0 Å². The van der Waals surface area contributed by atoms with Gasteiger partial charge in [0.15, 0.2) is 17.2 Å². The number of carbonyl (C=O) groups is 1. The third kappa shape index (κ3) is 4.16. The Morgan fingerprint density at radius 1 is 1.11 bits per heavy atom. The first kappa shape index (κ1) is 26.3. The van der Waals surface area contributed by atoms with Crippen molar-refractivity contribution in [2.75, 3.05) is 13.7 Å². The molecule has 2 aliphatic rings. The second kappa shape index (κ2) is 9.61. The monoisotopic (exact) mass is 700 g/mol. The number of para-hydroxylation sites is 1. The topological polar surface area (TPSA) is 52.7 Å². The summed E-state index contributed by atoms with van der Waals surface area (Å²) in [5.74, 6) is 0.886. The van der Waals surface area contributed by atoms with Crippen LogP contribution in [0.3, 0.4) is 0 Å². The normalized spacial score (nSPS) is 16.5. The lowest BCUT2D eigenvalue weighted by atomic mass is 9.48. The summed E-state index contributed by atoms with van der Waals surface area (Å²) < 4.78 is 25.0. The first-order valence-electron chi connectivity index (χ1n) is 11.7. The van der Waals surface area contributed by atoms with Gasteiger partial charge in [0.25, 0.3) is 0 Å². The molecule has 6 nitrogen and oxygen atoms in total. The zero-order chi connectivity index (χ0) is 25.8. The van der Waals surface area contributed by atoms with Crippen molar-refractivity contribution < 1.29 is 23.5 Å². The van der Waals surface area contributed by atoms with Gasteiger partial charge < -0.3 is 23.2 Å². The number of carbonyl (C=O) groups excluding carboxylic acids is 1. The molecule has 0 fully saturated rings. The van der Waals surface area contributed by atoms with Crippen LogP contribution in [0.25, 0.3) is 5.57 Å². The molecule has 0 atom stereocenters. The Kier molecular flexibility index (Phi) is 7.22. The zero-order valence-electron chi connectivity index (χ0n) is 21.5. The molecule has 0 saturated carbocycles. The van der Waals surface area contributed by atoms with Crippen LogP contribution < -0.4 is 9.47 Å². The summed E-state index contributed by atoms with van der Waals surface area (Å²) in [5, 5.41) is 0. The highest BCUT2D eigenvalue weighted by Crippen LogP contribution is 2.45. The van der Waals surface area contributed by atoms with Crippen molar-refractivity contribution in [3.05, 3.63) is 59.1 Å². The average Bonchev–Trinajstić information content (AvgIpc) is 3.18. The number of fused-ring (bicyclic) bond motifs is 2. The van der Waals surface area contributed by atoms with Gasteiger partial charge in [-0.2, -0.15) is 0 Å². The number of rotatable bonds is 6. The van der Waals surface area contributed by atoms with Crippen molar-refractivity contribution >= 4 is 68.9 Å². The Hall–Kier alpha value is -1.76. The molecule has 0 bridgehead atoms. The van der Waals surface area contributed by atoms with Gasteiger partial charge in [-0.25, -0.2) is 0 Å². The van der Waals surface area contributed by atoms with E-state index in [1.807, 2.05) is 18.2 Å². The number of hydrogen-bond donors (Lipinski definition) is 0. The quantitative estimate of drug-likeness (QED) is 0.201. The van der Waals surface area contributed by atoms with Crippen molar-refractivity contribution in [3.8, 4) is 11.5 Å². The lowest BCUT2D eigenvalue weighted by Crippen LogP contribution is -2.53. The highest BCUT2D eigenvalue weighted by Gasteiger charge is 2.47. The largest absolute Gasteiger partial charge is 0.493 e. The van der Waals surface area contributed by atoms with Crippen LogP contribution in [0.2, 0.25) is 13.6 Å². The van der Waals surface area contributed by atoms with Crippen LogP contribution in [0.15, 0.2) is 33.0 Å². The number of benzene rings is 1. The van der Waals surface area contributed by atoms with Gasteiger partial charge >= 0.3 is 12.4 Å². The molecule has 0 aliphatic carbocycles. The van der Waals surface area contributed by atoms with Gasteiger partial charge in [-0.1, -0.05) is 12.1 Å². The first-order valence-corrected chi connectivity index (χ1v) is 13.9. The highest BCUT2D eigenvalue weighted by atomic mass is 127. The lowest BCUT2D eigenvalue weighted by Gasteiger charge is -2.40. The molecule has 2 aromatic rings. The van der Waals surface area contributed by atoms with Crippen molar-refractivity contribution in [2.45, 2.75) is 54.9 Å². The third-order valence-corrected chi connectivity index (χ3v) is 10.3. The fraction of sp³-hybridized carbons (Fsp3) is 0.385. The molecular weight excluding hydrogens is 669 g/mol. The van der Waals surface area contributed by atoms with Gasteiger partial charge in [0, 0.05) is 34.2 Å². The number of halogens is 2. The average molecular weight is 700 g/mol. The van der Waals surface area contributed by atoms with Gasteiger partial charge in [-0.05, 0) is 83.3 Å². The van der Waals surface area contributed by atoms with Gasteiger partial charge in [-0.15, -0.1) is 13.6 Å². The van der Waals surface area contributed by atoms with E-state index in [-0.39, 0.29) is 12.6 Å². The molecule has 0 radical (unpaired) electrons. The predicted octanol–water partition coefficient (Wildman–Crippen LogP) is 6.33. The third-order valence-electron chi connectivity index (χ3n) is 7.12. The second-order valence-electron chi connectivity index (χ2n) is 9.71. The number of aromatic nitrogens is 1. The number of hydrogen-bond acceptors (Lipinski definition) is 4. The molecule has 0 unspecified atom stereocenters. The smallest absolute Gasteiger partial charge is 0.373 e. The van der Waals surface area contributed by atoms with Crippen LogP contribution in [-0.4, -0.2) is 40.8 Å². The fourth-order valence-electron chi connectivity index (χ4n) is 5.67. The fourth-order valence-corrected chi connectivity index (χ4v) is 6.70. The summed E-state index contributed by atoms with van der Waals surface area (Å²) in [6.07, 6.45) is -1.08. The predicted molar refractivity (Wildman–Crippen MR) is 158 cm³/mol. The van der Waals surface area contributed by atoms with Crippen LogP contribution in [0.1, 0.15) is 43.3 Å². The molecule has 1 aromatic heterocycles. The summed E-state index contributed by atoms with van der Waals surface area (Å²) in [6, 6.07) is 5.65. The van der Waals surface area contributed by atoms with E-state index in [0.717, 1.165) is 11.1 Å². The summed E-state index contributed by atoms with van der Waals surface area (Å²) >= 11 is 4.93.